The molecule has 0 unspecified atom stereocenters. The van der Waals surface area contributed by atoms with E-state index in [0.29, 0.717) is 17.9 Å². The highest BCUT2D eigenvalue weighted by atomic mass is 16.5. The van der Waals surface area contributed by atoms with Gasteiger partial charge in [0.25, 0.3) is 0 Å². The van der Waals surface area contributed by atoms with Crippen LogP contribution in [0.25, 0.3) is 0 Å². The van der Waals surface area contributed by atoms with Crippen LogP contribution in [-0.4, -0.2) is 36.4 Å². The zero-order valence-corrected chi connectivity index (χ0v) is 8.53. The molecule has 1 aliphatic carbocycles. The number of ether oxygens (including phenoxy) is 1. The fourth-order valence-electron chi connectivity index (χ4n) is 1.85. The molecule has 0 spiro atoms. The smallest absolute Gasteiger partial charge is 0.236 e. The van der Waals surface area contributed by atoms with Crippen LogP contribution >= 0.6 is 0 Å². The Balaban J connectivity index is 1.77. The average Bonchev–Trinajstić information content (AvgIpc) is 2.51. The van der Waals surface area contributed by atoms with Crippen LogP contribution in [-0.2, 0) is 4.74 Å². The van der Waals surface area contributed by atoms with E-state index >= 15 is 0 Å². The topological polar surface area (TPSA) is 65.9 Å². The SMILES string of the molecule is CNC1CC([C@@H]2NN=C([C@@H](C)O)O2)C1. The number of nitrogens with zero attached hydrogens (tertiary/aromatic N) is 1. The third kappa shape index (κ3) is 1.69. The first-order valence-electron chi connectivity index (χ1n) is 5.05. The predicted octanol–water partition coefficient (Wildman–Crippen LogP) is -0.375. The van der Waals surface area contributed by atoms with Crippen LogP contribution in [0.3, 0.4) is 0 Å². The second kappa shape index (κ2) is 3.74. The van der Waals surface area contributed by atoms with Gasteiger partial charge in [-0.15, -0.1) is 5.10 Å². The van der Waals surface area contributed by atoms with Crippen molar-refractivity contribution in [2.24, 2.45) is 11.0 Å². The molecule has 2 rings (SSSR count). The van der Waals surface area contributed by atoms with Crippen LogP contribution in [0.2, 0.25) is 0 Å². The molecule has 0 radical (unpaired) electrons. The maximum Gasteiger partial charge on any atom is 0.236 e. The highest BCUT2D eigenvalue weighted by Gasteiger charge is 2.38. The van der Waals surface area contributed by atoms with Crippen molar-refractivity contribution < 1.29 is 9.84 Å². The molecule has 1 aliphatic heterocycles. The van der Waals surface area contributed by atoms with E-state index < -0.39 is 6.10 Å². The molecular formula is C9H17N3O2. The van der Waals surface area contributed by atoms with Gasteiger partial charge in [-0.05, 0) is 26.8 Å². The van der Waals surface area contributed by atoms with Crippen LogP contribution in [0.5, 0.6) is 0 Å². The minimum Gasteiger partial charge on any atom is -0.452 e. The molecule has 0 saturated heterocycles. The van der Waals surface area contributed by atoms with E-state index in [1.807, 2.05) is 7.05 Å². The van der Waals surface area contributed by atoms with Crippen LogP contribution in [0.4, 0.5) is 0 Å². The Hall–Kier alpha value is -0.810. The van der Waals surface area contributed by atoms with Gasteiger partial charge in [-0.2, -0.15) is 0 Å². The lowest BCUT2D eigenvalue weighted by Gasteiger charge is -2.37. The number of aliphatic hydroxyl groups excluding tert-OH is 1. The summed E-state index contributed by atoms with van der Waals surface area (Å²) >= 11 is 0. The second-order valence-electron chi connectivity index (χ2n) is 4.01. The van der Waals surface area contributed by atoms with Gasteiger partial charge in [0.1, 0.15) is 6.10 Å². The van der Waals surface area contributed by atoms with E-state index in [0.717, 1.165) is 12.8 Å². The second-order valence-corrected chi connectivity index (χ2v) is 4.01. The molecule has 80 valence electrons. The van der Waals surface area contributed by atoms with Crippen molar-refractivity contribution in [1.29, 1.82) is 0 Å². The molecule has 5 nitrogen and oxygen atoms in total. The fraction of sp³-hybridized carbons (Fsp3) is 0.889. The van der Waals surface area contributed by atoms with Crippen molar-refractivity contribution in [3.05, 3.63) is 0 Å². The van der Waals surface area contributed by atoms with E-state index in [4.69, 9.17) is 4.74 Å². The summed E-state index contributed by atoms with van der Waals surface area (Å²) in [7, 11) is 1.97. The summed E-state index contributed by atoms with van der Waals surface area (Å²) in [6, 6.07) is 0.612. The van der Waals surface area contributed by atoms with Crippen molar-refractivity contribution in [3.63, 3.8) is 0 Å². The van der Waals surface area contributed by atoms with Crippen molar-refractivity contribution in [2.45, 2.75) is 38.1 Å². The first-order chi connectivity index (χ1) is 6.70. The highest BCUT2D eigenvalue weighted by Crippen LogP contribution is 2.32. The summed E-state index contributed by atoms with van der Waals surface area (Å²) in [4.78, 5) is 0. The molecule has 0 aromatic rings. The van der Waals surface area contributed by atoms with Crippen molar-refractivity contribution in [3.8, 4) is 0 Å². The van der Waals surface area contributed by atoms with Gasteiger partial charge in [0.15, 0.2) is 6.23 Å². The molecule has 2 aliphatic rings. The maximum atomic E-state index is 9.23. The zero-order valence-electron chi connectivity index (χ0n) is 8.53. The van der Waals surface area contributed by atoms with E-state index in [2.05, 4.69) is 15.8 Å². The van der Waals surface area contributed by atoms with Gasteiger partial charge >= 0.3 is 0 Å². The van der Waals surface area contributed by atoms with Crippen LogP contribution in [0.1, 0.15) is 19.8 Å². The predicted molar refractivity (Wildman–Crippen MR) is 52.7 cm³/mol. The summed E-state index contributed by atoms with van der Waals surface area (Å²) in [6.07, 6.45) is 1.56. The standard InChI is InChI=1S/C9H17N3O2/c1-5(13)8-11-12-9(14-8)6-3-7(4-6)10-2/h5-7,9-10,12-13H,3-4H2,1-2H3/t5-,6?,7?,9-/m1/s1. The summed E-state index contributed by atoms with van der Waals surface area (Å²) in [5.41, 5.74) is 2.91. The molecule has 5 heteroatoms. The quantitative estimate of drug-likeness (QED) is 0.580. The molecule has 0 aromatic carbocycles. The normalized spacial score (nSPS) is 37.9. The van der Waals surface area contributed by atoms with Crippen molar-refractivity contribution >= 4 is 5.90 Å². The average molecular weight is 199 g/mol. The Morgan fingerprint density at radius 1 is 1.64 bits per heavy atom. The van der Waals surface area contributed by atoms with Gasteiger partial charge in [-0.25, -0.2) is 0 Å². The van der Waals surface area contributed by atoms with Gasteiger partial charge in [0, 0.05) is 12.0 Å². The first kappa shape index (κ1) is 9.73. The summed E-state index contributed by atoms with van der Waals surface area (Å²) < 4.78 is 5.48. The Kier molecular flexibility index (Phi) is 2.60. The van der Waals surface area contributed by atoms with Crippen molar-refractivity contribution in [1.82, 2.24) is 10.7 Å². The molecule has 3 N–H and O–H groups in total. The summed E-state index contributed by atoms with van der Waals surface area (Å²) in [5, 5.41) is 16.4. The molecule has 2 atom stereocenters. The maximum absolute atomic E-state index is 9.23. The monoisotopic (exact) mass is 199 g/mol. The molecule has 1 heterocycles. The molecular weight excluding hydrogens is 182 g/mol. The number of rotatable bonds is 3. The van der Waals surface area contributed by atoms with Crippen LogP contribution in [0.15, 0.2) is 5.10 Å². The van der Waals surface area contributed by atoms with Crippen LogP contribution < -0.4 is 10.7 Å². The number of hydrazone groups is 1. The lowest BCUT2D eigenvalue weighted by atomic mass is 9.79. The molecule has 1 saturated carbocycles. The third-order valence-electron chi connectivity index (χ3n) is 2.92. The summed E-state index contributed by atoms with van der Waals surface area (Å²) in [5.74, 6) is 0.912. The van der Waals surface area contributed by atoms with Gasteiger partial charge in [-0.3, -0.25) is 5.43 Å². The molecule has 0 aromatic heterocycles. The van der Waals surface area contributed by atoms with E-state index in [1.165, 1.54) is 0 Å². The molecule has 14 heavy (non-hydrogen) atoms. The molecule has 0 amide bonds. The minimum absolute atomic E-state index is 0.0378. The highest BCUT2D eigenvalue weighted by molar-refractivity contribution is 5.81. The van der Waals surface area contributed by atoms with Crippen molar-refractivity contribution in [2.75, 3.05) is 7.05 Å². The van der Waals surface area contributed by atoms with Gasteiger partial charge in [0.2, 0.25) is 5.90 Å². The minimum atomic E-state index is -0.618. The Labute approximate surface area is 83.5 Å². The zero-order chi connectivity index (χ0) is 10.1. The largest absolute Gasteiger partial charge is 0.452 e. The fourth-order valence-corrected chi connectivity index (χ4v) is 1.85. The Morgan fingerprint density at radius 3 is 2.86 bits per heavy atom. The van der Waals surface area contributed by atoms with E-state index in [1.54, 1.807) is 6.92 Å². The third-order valence-corrected chi connectivity index (χ3v) is 2.92. The van der Waals surface area contributed by atoms with Gasteiger partial charge in [0.05, 0.1) is 0 Å². The number of hydrogen-bond acceptors (Lipinski definition) is 5. The first-order valence-corrected chi connectivity index (χ1v) is 5.05. The van der Waals surface area contributed by atoms with E-state index in [-0.39, 0.29) is 6.23 Å². The number of nitrogens with one attached hydrogen (secondary N) is 2. The lowest BCUT2D eigenvalue weighted by molar-refractivity contribution is 0.0412. The Bertz CT molecular complexity index is 236. The summed E-state index contributed by atoms with van der Waals surface area (Å²) in [6.45, 7) is 1.65. The van der Waals surface area contributed by atoms with E-state index in [9.17, 15) is 5.11 Å². The van der Waals surface area contributed by atoms with Gasteiger partial charge < -0.3 is 15.2 Å². The number of hydrogen-bond donors (Lipinski definition) is 3. The lowest BCUT2D eigenvalue weighted by Crippen LogP contribution is -2.47. The van der Waals surface area contributed by atoms with Gasteiger partial charge in [-0.1, -0.05) is 0 Å². The number of aliphatic hydroxyl groups is 1. The molecule has 1 fully saturated rings. The Morgan fingerprint density at radius 2 is 2.36 bits per heavy atom. The van der Waals surface area contributed by atoms with Crippen LogP contribution in [0, 0.1) is 5.92 Å². The molecule has 0 bridgehead atoms.